The molecule has 68 valence electrons. The summed E-state index contributed by atoms with van der Waals surface area (Å²) >= 11 is 0. The van der Waals surface area contributed by atoms with Crippen molar-refractivity contribution in [1.29, 1.82) is 0 Å². The summed E-state index contributed by atoms with van der Waals surface area (Å²) in [5.74, 6) is -0.164. The summed E-state index contributed by atoms with van der Waals surface area (Å²) in [6.45, 7) is 4.92. The molecule has 0 aromatic rings. The van der Waals surface area contributed by atoms with Gasteiger partial charge in [0.2, 0.25) is 0 Å². The van der Waals surface area contributed by atoms with Gasteiger partial charge in [0.15, 0.2) is 0 Å². The Morgan fingerprint density at radius 2 is 2.42 bits per heavy atom. The summed E-state index contributed by atoms with van der Waals surface area (Å²) in [6, 6.07) is 0. The first kappa shape index (κ1) is 9.26. The molecule has 0 saturated carbocycles. The van der Waals surface area contributed by atoms with Gasteiger partial charge in [0, 0.05) is 13.1 Å². The molecule has 3 nitrogen and oxygen atoms in total. The molecule has 0 aromatic carbocycles. The number of hydrogen-bond donors (Lipinski definition) is 1. The second kappa shape index (κ2) is 3.72. The summed E-state index contributed by atoms with van der Waals surface area (Å²) in [5, 5.41) is 9.05. The average molecular weight is 169 g/mol. The van der Waals surface area contributed by atoms with Crippen molar-refractivity contribution in [2.75, 3.05) is 13.1 Å². The van der Waals surface area contributed by atoms with Gasteiger partial charge in [-0.25, -0.2) is 0 Å². The van der Waals surface area contributed by atoms with Gasteiger partial charge in [-0.05, 0) is 20.3 Å². The van der Waals surface area contributed by atoms with Crippen LogP contribution in [-0.2, 0) is 4.79 Å². The van der Waals surface area contributed by atoms with Gasteiger partial charge < -0.3 is 10.0 Å². The first-order chi connectivity index (χ1) is 5.61. The normalized spacial score (nSPS) is 20.2. The van der Waals surface area contributed by atoms with Gasteiger partial charge in [0.05, 0.1) is 0 Å². The molecule has 1 N–H and O–H groups in total. The lowest BCUT2D eigenvalue weighted by molar-refractivity contribution is -0.139. The predicted molar refractivity (Wildman–Crippen MR) is 46.6 cm³/mol. The van der Waals surface area contributed by atoms with E-state index in [1.807, 2.05) is 6.92 Å². The fourth-order valence-electron chi connectivity index (χ4n) is 1.36. The van der Waals surface area contributed by atoms with Gasteiger partial charge in [-0.15, -0.1) is 0 Å². The van der Waals surface area contributed by atoms with Gasteiger partial charge in [0.25, 0.3) is 5.91 Å². The Bertz CT molecular complexity index is 209. The lowest BCUT2D eigenvalue weighted by Gasteiger charge is -2.27. The third kappa shape index (κ3) is 2.08. The summed E-state index contributed by atoms with van der Waals surface area (Å²) in [7, 11) is 0. The van der Waals surface area contributed by atoms with Crippen molar-refractivity contribution < 1.29 is 9.90 Å². The molecule has 0 radical (unpaired) electrons. The molecule has 1 heterocycles. The Kier molecular flexibility index (Phi) is 2.87. The van der Waals surface area contributed by atoms with Crippen molar-refractivity contribution in [3.05, 3.63) is 11.6 Å². The lowest BCUT2D eigenvalue weighted by Crippen LogP contribution is -2.40. The Morgan fingerprint density at radius 3 is 2.92 bits per heavy atom. The van der Waals surface area contributed by atoms with Crippen LogP contribution in [0, 0.1) is 0 Å². The van der Waals surface area contributed by atoms with Crippen LogP contribution in [0.3, 0.4) is 0 Å². The van der Waals surface area contributed by atoms with E-state index in [9.17, 15) is 4.79 Å². The molecule has 1 aliphatic rings. The number of carbonyl (C=O) groups excluding carboxylic acids is 1. The zero-order valence-corrected chi connectivity index (χ0v) is 7.58. The number of carbonyl (C=O) groups is 1. The number of aliphatic hydroxyl groups is 1. The molecule has 1 rings (SSSR count). The fourth-order valence-corrected chi connectivity index (χ4v) is 1.36. The summed E-state index contributed by atoms with van der Waals surface area (Å²) < 4.78 is 0. The second-order valence-corrected chi connectivity index (χ2v) is 3.27. The van der Waals surface area contributed by atoms with Gasteiger partial charge in [-0.3, -0.25) is 4.79 Å². The van der Waals surface area contributed by atoms with Crippen molar-refractivity contribution in [1.82, 2.24) is 4.90 Å². The van der Waals surface area contributed by atoms with Crippen LogP contribution in [0.15, 0.2) is 11.6 Å². The number of aliphatic hydroxyl groups excluding tert-OH is 1. The minimum Gasteiger partial charge on any atom is -0.384 e. The Balaban J connectivity index is 2.55. The van der Waals surface area contributed by atoms with Crippen molar-refractivity contribution in [2.24, 2.45) is 0 Å². The molecule has 1 amide bonds. The highest BCUT2D eigenvalue weighted by Gasteiger charge is 2.19. The smallest absolute Gasteiger partial charge is 0.251 e. The van der Waals surface area contributed by atoms with E-state index in [0.29, 0.717) is 6.54 Å². The van der Waals surface area contributed by atoms with E-state index in [1.165, 1.54) is 12.5 Å². The second-order valence-electron chi connectivity index (χ2n) is 3.27. The highest BCUT2D eigenvalue weighted by Crippen LogP contribution is 2.09. The molecule has 0 fully saturated rings. The number of rotatable bonds is 1. The average Bonchev–Trinajstić information content (AvgIpc) is 2.03. The van der Waals surface area contributed by atoms with E-state index < -0.39 is 6.10 Å². The van der Waals surface area contributed by atoms with Crippen LogP contribution < -0.4 is 0 Å². The minimum atomic E-state index is -0.865. The van der Waals surface area contributed by atoms with Crippen LogP contribution in [0.2, 0.25) is 0 Å². The zero-order valence-electron chi connectivity index (χ0n) is 7.58. The van der Waals surface area contributed by atoms with Crippen LogP contribution in [-0.4, -0.2) is 35.1 Å². The molecule has 12 heavy (non-hydrogen) atoms. The molecule has 0 aliphatic carbocycles. The molecular weight excluding hydrogens is 154 g/mol. The molecule has 1 atom stereocenters. The lowest BCUT2D eigenvalue weighted by atomic mass is 10.1. The van der Waals surface area contributed by atoms with E-state index in [4.69, 9.17) is 5.11 Å². The summed E-state index contributed by atoms with van der Waals surface area (Å²) in [4.78, 5) is 13.0. The van der Waals surface area contributed by atoms with Gasteiger partial charge in [0.1, 0.15) is 6.10 Å². The molecule has 1 unspecified atom stereocenters. The summed E-state index contributed by atoms with van der Waals surface area (Å²) in [5.41, 5.74) is 1.20. The maximum absolute atomic E-state index is 11.3. The van der Waals surface area contributed by atoms with E-state index in [-0.39, 0.29) is 5.91 Å². The van der Waals surface area contributed by atoms with Crippen molar-refractivity contribution >= 4 is 5.91 Å². The largest absolute Gasteiger partial charge is 0.384 e. The van der Waals surface area contributed by atoms with E-state index in [1.54, 1.807) is 4.90 Å². The van der Waals surface area contributed by atoms with Crippen LogP contribution in [0.1, 0.15) is 20.3 Å². The van der Waals surface area contributed by atoms with Gasteiger partial charge in [-0.2, -0.15) is 0 Å². The molecule has 0 bridgehead atoms. The first-order valence-electron chi connectivity index (χ1n) is 4.23. The molecular formula is C9H15NO2. The van der Waals surface area contributed by atoms with Crippen molar-refractivity contribution in [2.45, 2.75) is 26.4 Å². The maximum atomic E-state index is 11.3. The van der Waals surface area contributed by atoms with Crippen molar-refractivity contribution in [3.8, 4) is 0 Å². The van der Waals surface area contributed by atoms with E-state index in [0.717, 1.165) is 13.0 Å². The number of hydrogen-bond acceptors (Lipinski definition) is 2. The minimum absolute atomic E-state index is 0.164. The highest BCUT2D eigenvalue weighted by molar-refractivity contribution is 5.80. The SMILES string of the molecule is CC1=CCCN(C(=O)C(C)O)C1. The molecule has 0 aromatic heterocycles. The highest BCUT2D eigenvalue weighted by atomic mass is 16.3. The molecule has 0 saturated heterocycles. The first-order valence-corrected chi connectivity index (χ1v) is 4.23. The third-order valence-electron chi connectivity index (χ3n) is 2.00. The van der Waals surface area contributed by atoms with E-state index >= 15 is 0 Å². The Hall–Kier alpha value is -0.830. The van der Waals surface area contributed by atoms with Crippen LogP contribution in [0.25, 0.3) is 0 Å². The van der Waals surface area contributed by atoms with Crippen LogP contribution in [0.5, 0.6) is 0 Å². The zero-order chi connectivity index (χ0) is 9.14. The standard InChI is InChI=1S/C9H15NO2/c1-7-4-3-5-10(6-7)9(12)8(2)11/h4,8,11H,3,5-6H2,1-2H3. The molecule has 0 spiro atoms. The monoisotopic (exact) mass is 169 g/mol. The molecule has 3 heteroatoms. The van der Waals surface area contributed by atoms with Crippen LogP contribution >= 0.6 is 0 Å². The maximum Gasteiger partial charge on any atom is 0.251 e. The van der Waals surface area contributed by atoms with Gasteiger partial charge in [-0.1, -0.05) is 11.6 Å². The van der Waals surface area contributed by atoms with Crippen LogP contribution in [0.4, 0.5) is 0 Å². The molecule has 1 aliphatic heterocycles. The third-order valence-corrected chi connectivity index (χ3v) is 2.00. The number of nitrogens with zero attached hydrogens (tertiary/aromatic N) is 1. The van der Waals surface area contributed by atoms with E-state index in [2.05, 4.69) is 6.08 Å². The van der Waals surface area contributed by atoms with Gasteiger partial charge >= 0.3 is 0 Å². The van der Waals surface area contributed by atoms with Crippen molar-refractivity contribution in [3.63, 3.8) is 0 Å². The topological polar surface area (TPSA) is 40.5 Å². The Labute approximate surface area is 72.7 Å². The fraction of sp³-hybridized carbons (Fsp3) is 0.667. The Morgan fingerprint density at radius 1 is 1.75 bits per heavy atom. The quantitative estimate of drug-likeness (QED) is 0.582. The summed E-state index contributed by atoms with van der Waals surface area (Å²) in [6.07, 6.45) is 2.17. The predicted octanol–water partition coefficient (Wildman–Crippen LogP) is 0.546. The number of amides is 1.